The van der Waals surface area contributed by atoms with Crippen LogP contribution < -0.4 is 15.4 Å². The van der Waals surface area contributed by atoms with Gasteiger partial charge in [0.15, 0.2) is 17.4 Å². The number of ether oxygens (including phenoxy) is 1. The monoisotopic (exact) mass is 467 g/mol. The highest BCUT2D eigenvalue weighted by Crippen LogP contribution is 2.07. The van der Waals surface area contributed by atoms with E-state index in [0.717, 1.165) is 23.7 Å². The van der Waals surface area contributed by atoms with Gasteiger partial charge in [-0.05, 0) is 25.1 Å². The minimum absolute atomic E-state index is 0. The van der Waals surface area contributed by atoms with E-state index in [4.69, 9.17) is 4.74 Å². The Kier molecular flexibility index (Phi) is 7.57. The summed E-state index contributed by atoms with van der Waals surface area (Å²) in [7, 11) is 1.60. The minimum atomic E-state index is 0. The zero-order valence-corrected chi connectivity index (χ0v) is 17.0. The standard InChI is InChI=1S/C17H21N7O.HI/c1-3-18-17(19-11-13-7-6-9-16(21-13)25-2)20-12-15-23-22-14-8-4-5-10-24(14)15;/h4-10H,3,11-12H2,1-2H3,(H2,18,19,20);1H. The molecule has 0 saturated carbocycles. The molecule has 3 aromatic rings. The predicted molar refractivity (Wildman–Crippen MR) is 111 cm³/mol. The van der Waals surface area contributed by atoms with Crippen LogP contribution in [0, 0.1) is 0 Å². The molecular weight excluding hydrogens is 445 g/mol. The Labute approximate surface area is 169 Å². The van der Waals surface area contributed by atoms with Crippen LogP contribution in [-0.2, 0) is 13.1 Å². The van der Waals surface area contributed by atoms with Crippen molar-refractivity contribution in [1.82, 2.24) is 30.2 Å². The number of methoxy groups -OCH3 is 1. The molecule has 0 amide bonds. The van der Waals surface area contributed by atoms with Crippen LogP contribution in [-0.4, -0.2) is 39.2 Å². The smallest absolute Gasteiger partial charge is 0.213 e. The van der Waals surface area contributed by atoms with E-state index in [1.54, 1.807) is 7.11 Å². The lowest BCUT2D eigenvalue weighted by Gasteiger charge is -2.10. The lowest BCUT2D eigenvalue weighted by atomic mass is 10.3. The van der Waals surface area contributed by atoms with E-state index < -0.39 is 0 Å². The molecule has 2 N–H and O–H groups in total. The number of guanidine groups is 1. The molecule has 9 heteroatoms. The highest BCUT2D eigenvalue weighted by molar-refractivity contribution is 14.0. The number of nitrogens with zero attached hydrogens (tertiary/aromatic N) is 5. The fourth-order valence-electron chi connectivity index (χ4n) is 2.34. The van der Waals surface area contributed by atoms with E-state index in [1.807, 2.05) is 53.9 Å². The van der Waals surface area contributed by atoms with Gasteiger partial charge in [-0.1, -0.05) is 12.1 Å². The number of aliphatic imine (C=N–C) groups is 1. The summed E-state index contributed by atoms with van der Waals surface area (Å²) >= 11 is 0. The van der Waals surface area contributed by atoms with Crippen LogP contribution in [0.5, 0.6) is 5.88 Å². The Balaban J connectivity index is 0.00000243. The van der Waals surface area contributed by atoms with Gasteiger partial charge in [-0.2, -0.15) is 0 Å². The molecule has 0 aliphatic rings. The second kappa shape index (κ2) is 9.90. The fraction of sp³-hybridized carbons (Fsp3) is 0.294. The molecule has 3 aromatic heterocycles. The first-order valence-electron chi connectivity index (χ1n) is 8.11. The van der Waals surface area contributed by atoms with Gasteiger partial charge in [-0.15, -0.1) is 34.2 Å². The molecule has 0 spiro atoms. The van der Waals surface area contributed by atoms with E-state index in [-0.39, 0.29) is 24.0 Å². The van der Waals surface area contributed by atoms with Crippen molar-refractivity contribution in [2.45, 2.75) is 20.0 Å². The van der Waals surface area contributed by atoms with Crippen LogP contribution in [0.1, 0.15) is 18.4 Å². The SMILES string of the molecule is CCNC(=NCc1cccc(OC)n1)NCc1nnc2ccccn12.I. The Hall–Kier alpha value is -2.43. The second-order valence-corrected chi connectivity index (χ2v) is 5.27. The first-order chi connectivity index (χ1) is 12.3. The molecule has 138 valence electrons. The van der Waals surface area contributed by atoms with Gasteiger partial charge in [0.1, 0.15) is 0 Å². The Bertz CT molecular complexity index is 865. The van der Waals surface area contributed by atoms with Gasteiger partial charge < -0.3 is 15.4 Å². The molecule has 26 heavy (non-hydrogen) atoms. The van der Waals surface area contributed by atoms with E-state index >= 15 is 0 Å². The molecule has 0 unspecified atom stereocenters. The number of aromatic nitrogens is 4. The van der Waals surface area contributed by atoms with Crippen LogP contribution in [0.2, 0.25) is 0 Å². The average molecular weight is 467 g/mol. The minimum Gasteiger partial charge on any atom is -0.481 e. The molecule has 8 nitrogen and oxygen atoms in total. The molecular formula is C17H22IN7O. The normalized spacial score (nSPS) is 11.1. The van der Waals surface area contributed by atoms with Gasteiger partial charge in [0.2, 0.25) is 5.88 Å². The van der Waals surface area contributed by atoms with Crippen molar-refractivity contribution < 1.29 is 4.74 Å². The van der Waals surface area contributed by atoms with Gasteiger partial charge in [0.25, 0.3) is 0 Å². The predicted octanol–water partition coefficient (Wildman–Crippen LogP) is 2.01. The highest BCUT2D eigenvalue weighted by Gasteiger charge is 2.06. The summed E-state index contributed by atoms with van der Waals surface area (Å²) in [5, 5.41) is 14.8. The van der Waals surface area contributed by atoms with Gasteiger partial charge in [0, 0.05) is 18.8 Å². The second-order valence-electron chi connectivity index (χ2n) is 5.27. The largest absolute Gasteiger partial charge is 0.481 e. The van der Waals surface area contributed by atoms with Crippen molar-refractivity contribution in [2.24, 2.45) is 4.99 Å². The van der Waals surface area contributed by atoms with Gasteiger partial charge in [-0.25, -0.2) is 9.98 Å². The van der Waals surface area contributed by atoms with Crippen molar-refractivity contribution in [3.63, 3.8) is 0 Å². The van der Waals surface area contributed by atoms with Crippen LogP contribution in [0.25, 0.3) is 5.65 Å². The summed E-state index contributed by atoms with van der Waals surface area (Å²) in [4.78, 5) is 8.92. The molecule has 3 rings (SSSR count). The maximum Gasteiger partial charge on any atom is 0.213 e. The Morgan fingerprint density at radius 2 is 2.04 bits per heavy atom. The quantitative estimate of drug-likeness (QED) is 0.328. The van der Waals surface area contributed by atoms with E-state index in [9.17, 15) is 0 Å². The zero-order chi connectivity index (χ0) is 17.5. The Morgan fingerprint density at radius 1 is 1.15 bits per heavy atom. The van der Waals surface area contributed by atoms with Crippen molar-refractivity contribution >= 4 is 35.6 Å². The zero-order valence-electron chi connectivity index (χ0n) is 14.7. The number of fused-ring (bicyclic) bond motifs is 1. The maximum atomic E-state index is 5.14. The lowest BCUT2D eigenvalue weighted by Crippen LogP contribution is -2.37. The van der Waals surface area contributed by atoms with Crippen molar-refractivity contribution in [3.05, 3.63) is 54.1 Å². The maximum absolute atomic E-state index is 5.14. The summed E-state index contributed by atoms with van der Waals surface area (Å²) in [5.41, 5.74) is 1.66. The van der Waals surface area contributed by atoms with Crippen LogP contribution >= 0.6 is 24.0 Å². The number of nitrogens with one attached hydrogen (secondary N) is 2. The molecule has 0 saturated heterocycles. The first kappa shape index (κ1) is 19.9. The van der Waals surface area contributed by atoms with Gasteiger partial charge in [0.05, 0.1) is 25.9 Å². The third-order valence-corrected chi connectivity index (χ3v) is 3.53. The first-order valence-corrected chi connectivity index (χ1v) is 8.11. The fourth-order valence-corrected chi connectivity index (χ4v) is 2.34. The van der Waals surface area contributed by atoms with Crippen LogP contribution in [0.15, 0.2) is 47.6 Å². The summed E-state index contributed by atoms with van der Waals surface area (Å²) in [6, 6.07) is 11.4. The Morgan fingerprint density at radius 3 is 2.85 bits per heavy atom. The molecule has 0 aromatic carbocycles. The molecule has 0 radical (unpaired) electrons. The molecule has 3 heterocycles. The molecule has 0 aliphatic carbocycles. The number of hydrogen-bond donors (Lipinski definition) is 2. The van der Waals surface area contributed by atoms with E-state index in [2.05, 4.69) is 30.8 Å². The summed E-state index contributed by atoms with van der Waals surface area (Å²) in [6.07, 6.45) is 1.94. The number of pyridine rings is 2. The lowest BCUT2D eigenvalue weighted by molar-refractivity contribution is 0.396. The summed E-state index contributed by atoms with van der Waals surface area (Å²) in [5.74, 6) is 2.10. The highest BCUT2D eigenvalue weighted by atomic mass is 127. The molecule has 0 fully saturated rings. The van der Waals surface area contributed by atoms with Crippen LogP contribution in [0.3, 0.4) is 0 Å². The number of hydrogen-bond acceptors (Lipinski definition) is 5. The topological polar surface area (TPSA) is 88.7 Å². The van der Waals surface area contributed by atoms with E-state index in [0.29, 0.717) is 24.9 Å². The molecule has 0 atom stereocenters. The van der Waals surface area contributed by atoms with Gasteiger partial charge >= 0.3 is 0 Å². The van der Waals surface area contributed by atoms with Crippen LogP contribution in [0.4, 0.5) is 0 Å². The van der Waals surface area contributed by atoms with Crippen molar-refractivity contribution in [3.8, 4) is 5.88 Å². The summed E-state index contributed by atoms with van der Waals surface area (Å²) < 4.78 is 7.08. The van der Waals surface area contributed by atoms with Gasteiger partial charge in [-0.3, -0.25) is 4.40 Å². The third-order valence-electron chi connectivity index (χ3n) is 3.53. The molecule has 0 aliphatic heterocycles. The van der Waals surface area contributed by atoms with Crippen molar-refractivity contribution in [2.75, 3.05) is 13.7 Å². The van der Waals surface area contributed by atoms with Crippen molar-refractivity contribution in [1.29, 1.82) is 0 Å². The summed E-state index contributed by atoms with van der Waals surface area (Å²) in [6.45, 7) is 3.75. The number of halogens is 1. The number of rotatable bonds is 6. The third kappa shape index (κ3) is 5.04. The average Bonchev–Trinajstić information content (AvgIpc) is 3.07. The molecule has 0 bridgehead atoms. The van der Waals surface area contributed by atoms with E-state index in [1.165, 1.54) is 0 Å².